The lowest BCUT2D eigenvalue weighted by molar-refractivity contribution is -0.116. The van der Waals surface area contributed by atoms with Gasteiger partial charge in [0.1, 0.15) is 0 Å². The van der Waals surface area contributed by atoms with Crippen LogP contribution in [-0.4, -0.2) is 32.0 Å². The number of nitrogens with zero attached hydrogens (tertiary/aromatic N) is 1. The lowest BCUT2D eigenvalue weighted by Gasteiger charge is -2.28. The summed E-state index contributed by atoms with van der Waals surface area (Å²) in [7, 11) is 1.80. The van der Waals surface area contributed by atoms with Gasteiger partial charge in [0, 0.05) is 38.2 Å². The van der Waals surface area contributed by atoms with E-state index in [0.717, 1.165) is 18.2 Å². The van der Waals surface area contributed by atoms with Gasteiger partial charge in [0.05, 0.1) is 0 Å². The van der Waals surface area contributed by atoms with E-state index in [1.54, 1.807) is 7.05 Å². The van der Waals surface area contributed by atoms with Crippen LogP contribution in [0.1, 0.15) is 50.5 Å². The summed E-state index contributed by atoms with van der Waals surface area (Å²) in [4.78, 5) is 16.2. The number of fused-ring (bicyclic) bond motifs is 1. The second-order valence-electron chi connectivity index (χ2n) is 7.36. The molecule has 1 unspecified atom stereocenters. The highest BCUT2D eigenvalue weighted by Crippen LogP contribution is 2.36. The molecule has 2 aliphatic rings. The summed E-state index contributed by atoms with van der Waals surface area (Å²) in [5.74, 6) is 1.09. The van der Waals surface area contributed by atoms with Crippen LogP contribution in [0.5, 0.6) is 0 Å². The number of anilines is 1. The molecule has 3 N–H and O–H groups in total. The predicted octanol–water partition coefficient (Wildman–Crippen LogP) is 3.48. The molecule has 5 nitrogen and oxygen atoms in total. The maximum atomic E-state index is 11.9. The first-order chi connectivity index (χ1) is 11.6. The van der Waals surface area contributed by atoms with E-state index in [1.807, 2.05) is 18.2 Å². The number of aliphatic imine (C=N–C) groups is 1. The lowest BCUT2D eigenvalue weighted by atomic mass is 9.89. The van der Waals surface area contributed by atoms with Crippen molar-refractivity contribution < 1.29 is 4.79 Å². The summed E-state index contributed by atoms with van der Waals surface area (Å²) in [6.45, 7) is 4.01. The first kappa shape index (κ1) is 20.0. The molecule has 6 heteroatoms. The molecule has 0 bridgehead atoms. The molecule has 1 amide bonds. The van der Waals surface area contributed by atoms with E-state index in [0.29, 0.717) is 18.4 Å². The number of amides is 1. The van der Waals surface area contributed by atoms with Crippen LogP contribution in [0.25, 0.3) is 0 Å². The number of benzene rings is 1. The maximum absolute atomic E-state index is 11.9. The zero-order valence-corrected chi connectivity index (χ0v) is 17.4. The lowest BCUT2D eigenvalue weighted by Crippen LogP contribution is -2.44. The van der Waals surface area contributed by atoms with E-state index >= 15 is 0 Å². The van der Waals surface area contributed by atoms with Gasteiger partial charge in [0.15, 0.2) is 5.96 Å². The van der Waals surface area contributed by atoms with Crippen LogP contribution in [0.4, 0.5) is 5.69 Å². The summed E-state index contributed by atoms with van der Waals surface area (Å²) in [6.07, 6.45) is 5.75. The normalized spacial score (nSPS) is 21.8. The molecule has 1 aliphatic heterocycles. The molecule has 25 heavy (non-hydrogen) atoms. The molecule has 0 saturated heterocycles. The fourth-order valence-electron chi connectivity index (χ4n) is 3.83. The Hall–Kier alpha value is -1.31. The SMILES string of the molecule is CN=C(NCC1CC(=O)Nc2ccccc21)NCC1(C)CCCC1.I. The second-order valence-corrected chi connectivity index (χ2v) is 7.36. The Kier molecular flexibility index (Phi) is 7.10. The highest BCUT2D eigenvalue weighted by molar-refractivity contribution is 14.0. The predicted molar refractivity (Wildman–Crippen MR) is 114 cm³/mol. The molecule has 1 heterocycles. The number of halogens is 1. The Balaban J connectivity index is 0.00000225. The molecule has 138 valence electrons. The van der Waals surface area contributed by atoms with Gasteiger partial charge in [-0.1, -0.05) is 38.0 Å². The van der Waals surface area contributed by atoms with Crippen molar-refractivity contribution in [3.8, 4) is 0 Å². The highest BCUT2D eigenvalue weighted by Gasteiger charge is 2.29. The van der Waals surface area contributed by atoms with Gasteiger partial charge in [0.2, 0.25) is 5.91 Å². The van der Waals surface area contributed by atoms with E-state index in [2.05, 4.69) is 33.9 Å². The van der Waals surface area contributed by atoms with Crippen LogP contribution in [0.15, 0.2) is 29.3 Å². The van der Waals surface area contributed by atoms with Crippen LogP contribution in [0.2, 0.25) is 0 Å². The van der Waals surface area contributed by atoms with Gasteiger partial charge in [-0.25, -0.2) is 0 Å². The highest BCUT2D eigenvalue weighted by atomic mass is 127. The zero-order valence-electron chi connectivity index (χ0n) is 15.1. The van der Waals surface area contributed by atoms with E-state index in [9.17, 15) is 4.79 Å². The number of guanidine groups is 1. The van der Waals surface area contributed by atoms with Crippen molar-refractivity contribution in [1.29, 1.82) is 0 Å². The Morgan fingerprint density at radius 1 is 1.28 bits per heavy atom. The smallest absolute Gasteiger partial charge is 0.225 e. The number of hydrogen-bond donors (Lipinski definition) is 3. The Morgan fingerprint density at radius 2 is 2.00 bits per heavy atom. The Bertz CT molecular complexity index is 626. The number of carbonyl (C=O) groups is 1. The molecule has 0 aromatic heterocycles. The molecule has 3 rings (SSSR count). The minimum absolute atomic E-state index is 0. The summed E-state index contributed by atoms with van der Waals surface area (Å²) >= 11 is 0. The molecular weight excluding hydrogens is 427 g/mol. The number of nitrogens with one attached hydrogen (secondary N) is 3. The summed E-state index contributed by atoms with van der Waals surface area (Å²) in [6, 6.07) is 8.04. The van der Waals surface area contributed by atoms with Gasteiger partial charge in [0.25, 0.3) is 0 Å². The van der Waals surface area contributed by atoms with Crippen LogP contribution in [0.3, 0.4) is 0 Å². The van der Waals surface area contributed by atoms with Crippen LogP contribution >= 0.6 is 24.0 Å². The van der Waals surface area contributed by atoms with Crippen LogP contribution in [0, 0.1) is 5.41 Å². The average Bonchev–Trinajstić information content (AvgIpc) is 3.01. The monoisotopic (exact) mass is 456 g/mol. The topological polar surface area (TPSA) is 65.5 Å². The van der Waals surface area contributed by atoms with Gasteiger partial charge in [-0.3, -0.25) is 9.79 Å². The number of carbonyl (C=O) groups excluding carboxylic acids is 1. The van der Waals surface area contributed by atoms with Crippen molar-refractivity contribution in [1.82, 2.24) is 10.6 Å². The molecule has 0 radical (unpaired) electrons. The van der Waals surface area contributed by atoms with E-state index in [4.69, 9.17) is 0 Å². The molecule has 1 aromatic rings. The zero-order chi connectivity index (χ0) is 17.0. The first-order valence-electron chi connectivity index (χ1n) is 8.93. The van der Waals surface area contributed by atoms with Crippen molar-refractivity contribution in [3.63, 3.8) is 0 Å². The van der Waals surface area contributed by atoms with Crippen molar-refractivity contribution >= 4 is 41.5 Å². The van der Waals surface area contributed by atoms with Gasteiger partial charge in [-0.2, -0.15) is 0 Å². The molecule has 1 aromatic carbocycles. The van der Waals surface area contributed by atoms with E-state index in [1.165, 1.54) is 31.2 Å². The summed E-state index contributed by atoms with van der Waals surface area (Å²) in [5, 5.41) is 9.81. The molecule has 1 aliphatic carbocycles. The molecule has 0 spiro atoms. The third kappa shape index (κ3) is 5.09. The first-order valence-corrected chi connectivity index (χ1v) is 8.93. The largest absolute Gasteiger partial charge is 0.356 e. The molecular formula is C19H29IN4O. The van der Waals surface area contributed by atoms with Gasteiger partial charge in [-0.05, 0) is 29.9 Å². The number of rotatable bonds is 4. The Morgan fingerprint density at radius 3 is 2.72 bits per heavy atom. The molecule has 1 saturated carbocycles. The van der Waals surface area contributed by atoms with E-state index < -0.39 is 0 Å². The third-order valence-corrected chi connectivity index (χ3v) is 5.34. The maximum Gasteiger partial charge on any atom is 0.225 e. The molecule has 1 fully saturated rings. The fraction of sp³-hybridized carbons (Fsp3) is 0.579. The third-order valence-electron chi connectivity index (χ3n) is 5.34. The van der Waals surface area contributed by atoms with Gasteiger partial charge in [-0.15, -0.1) is 24.0 Å². The van der Waals surface area contributed by atoms with E-state index in [-0.39, 0.29) is 35.8 Å². The fourth-order valence-corrected chi connectivity index (χ4v) is 3.83. The van der Waals surface area contributed by atoms with Crippen molar-refractivity contribution in [3.05, 3.63) is 29.8 Å². The van der Waals surface area contributed by atoms with Gasteiger partial charge >= 0.3 is 0 Å². The average molecular weight is 456 g/mol. The summed E-state index contributed by atoms with van der Waals surface area (Å²) < 4.78 is 0. The van der Waals surface area contributed by atoms with Crippen molar-refractivity contribution in [2.75, 3.05) is 25.5 Å². The number of hydrogen-bond acceptors (Lipinski definition) is 2. The second kappa shape index (κ2) is 8.87. The Labute approximate surface area is 167 Å². The minimum atomic E-state index is 0. The van der Waals surface area contributed by atoms with Crippen LogP contribution < -0.4 is 16.0 Å². The molecule has 1 atom stereocenters. The summed E-state index contributed by atoms with van der Waals surface area (Å²) in [5.41, 5.74) is 2.51. The quantitative estimate of drug-likeness (QED) is 0.369. The van der Waals surface area contributed by atoms with Gasteiger partial charge < -0.3 is 16.0 Å². The van der Waals surface area contributed by atoms with Crippen LogP contribution in [-0.2, 0) is 4.79 Å². The standard InChI is InChI=1S/C19H28N4O.HI/c1-19(9-5-6-10-19)13-22-18(20-2)21-12-14-11-17(24)23-16-8-4-3-7-15(14)16;/h3-4,7-8,14H,5-6,9-13H2,1-2H3,(H,23,24)(H2,20,21,22);1H. The minimum Gasteiger partial charge on any atom is -0.356 e. The number of para-hydroxylation sites is 1. The van der Waals surface area contributed by atoms with Crippen molar-refractivity contribution in [2.45, 2.75) is 44.9 Å². The van der Waals surface area contributed by atoms with Crippen molar-refractivity contribution in [2.24, 2.45) is 10.4 Å².